The lowest BCUT2D eigenvalue weighted by atomic mass is 10.1. The van der Waals surface area contributed by atoms with E-state index in [1.165, 1.54) is 6.07 Å². The van der Waals surface area contributed by atoms with Crippen molar-refractivity contribution in [3.63, 3.8) is 0 Å². The van der Waals surface area contributed by atoms with Crippen LogP contribution in [0.15, 0.2) is 66.7 Å². The molecule has 0 bridgehead atoms. The minimum atomic E-state index is -0.303. The molecule has 124 valence electrons. The van der Waals surface area contributed by atoms with Gasteiger partial charge in [-0.2, -0.15) is 0 Å². The van der Waals surface area contributed by atoms with Gasteiger partial charge in [-0.1, -0.05) is 60.7 Å². The Hall–Kier alpha value is -3.33. The zero-order valence-electron chi connectivity index (χ0n) is 13.4. The third-order valence-electron chi connectivity index (χ3n) is 3.73. The van der Waals surface area contributed by atoms with Crippen molar-refractivity contribution in [3.8, 4) is 11.5 Å². The second-order valence-electron chi connectivity index (χ2n) is 5.63. The molecular weight excluding hydrogens is 315 g/mol. The van der Waals surface area contributed by atoms with E-state index in [0.29, 0.717) is 5.56 Å². The number of hydrogen-bond donors (Lipinski definition) is 2. The van der Waals surface area contributed by atoms with Crippen molar-refractivity contribution in [2.24, 2.45) is 0 Å². The molecule has 2 nitrogen and oxygen atoms in total. The summed E-state index contributed by atoms with van der Waals surface area (Å²) in [5, 5.41) is 18.5. The molecule has 0 radical (unpaired) electrons. The molecule has 3 heteroatoms. The fourth-order valence-electron chi connectivity index (χ4n) is 2.33. The molecule has 0 heterocycles. The van der Waals surface area contributed by atoms with E-state index in [1.807, 2.05) is 18.2 Å². The highest BCUT2D eigenvalue weighted by Gasteiger charge is 1.99. The van der Waals surface area contributed by atoms with Crippen LogP contribution in [0.2, 0.25) is 0 Å². The minimum Gasteiger partial charge on any atom is -0.508 e. The van der Waals surface area contributed by atoms with Crippen molar-refractivity contribution < 1.29 is 14.6 Å². The topological polar surface area (TPSA) is 40.5 Å². The standard InChI is InChI=1S/C22H17FO2/c23-22-15-18(2-1-16-5-11-20(24)12-6-16)4-10-19(22)9-3-17-7-13-21(25)14-8-17/h1-15,24-25H. The lowest BCUT2D eigenvalue weighted by Gasteiger charge is -2.00. The van der Waals surface area contributed by atoms with Gasteiger partial charge in [-0.3, -0.25) is 0 Å². The molecule has 3 rings (SSSR count). The highest BCUT2D eigenvalue weighted by Crippen LogP contribution is 2.18. The van der Waals surface area contributed by atoms with E-state index in [9.17, 15) is 14.6 Å². The Kier molecular flexibility index (Phi) is 4.95. The van der Waals surface area contributed by atoms with Gasteiger partial charge >= 0.3 is 0 Å². The Morgan fingerprint density at radius 3 is 1.52 bits per heavy atom. The molecule has 0 aliphatic carbocycles. The van der Waals surface area contributed by atoms with Crippen LogP contribution in [0.4, 0.5) is 4.39 Å². The second-order valence-corrected chi connectivity index (χ2v) is 5.63. The molecule has 3 aromatic rings. The minimum absolute atomic E-state index is 0.202. The largest absolute Gasteiger partial charge is 0.508 e. The number of rotatable bonds is 4. The Morgan fingerprint density at radius 2 is 1.00 bits per heavy atom. The van der Waals surface area contributed by atoms with Crippen LogP contribution < -0.4 is 0 Å². The van der Waals surface area contributed by atoms with Crippen LogP contribution in [0, 0.1) is 5.82 Å². The first-order valence-electron chi connectivity index (χ1n) is 7.84. The maximum atomic E-state index is 14.2. The summed E-state index contributed by atoms with van der Waals surface area (Å²) in [5.74, 6) is 0.115. The Balaban J connectivity index is 1.74. The number of benzene rings is 3. The summed E-state index contributed by atoms with van der Waals surface area (Å²) in [7, 11) is 0. The molecule has 3 aromatic carbocycles. The monoisotopic (exact) mass is 332 g/mol. The Labute approximate surface area is 145 Å². The number of halogens is 1. The van der Waals surface area contributed by atoms with Crippen LogP contribution in [-0.2, 0) is 0 Å². The Morgan fingerprint density at radius 1 is 0.560 bits per heavy atom. The fourth-order valence-corrected chi connectivity index (χ4v) is 2.33. The van der Waals surface area contributed by atoms with Gasteiger partial charge in [0.2, 0.25) is 0 Å². The first kappa shape index (κ1) is 16.5. The van der Waals surface area contributed by atoms with Crippen LogP contribution in [0.1, 0.15) is 22.3 Å². The van der Waals surface area contributed by atoms with E-state index in [0.717, 1.165) is 16.7 Å². The third kappa shape index (κ3) is 4.58. The molecule has 0 aliphatic heterocycles. The maximum absolute atomic E-state index is 14.2. The lowest BCUT2D eigenvalue weighted by molar-refractivity contribution is 0.474. The van der Waals surface area contributed by atoms with Gasteiger partial charge in [-0.25, -0.2) is 4.39 Å². The van der Waals surface area contributed by atoms with Crippen molar-refractivity contribution in [3.05, 3.63) is 94.8 Å². The van der Waals surface area contributed by atoms with Gasteiger partial charge in [0.05, 0.1) is 0 Å². The zero-order chi connectivity index (χ0) is 17.6. The molecule has 0 unspecified atom stereocenters. The van der Waals surface area contributed by atoms with Gasteiger partial charge in [0, 0.05) is 5.56 Å². The molecular formula is C22H17FO2. The highest BCUT2D eigenvalue weighted by molar-refractivity contribution is 5.73. The van der Waals surface area contributed by atoms with Crippen molar-refractivity contribution in [1.29, 1.82) is 0 Å². The molecule has 0 spiro atoms. The first-order valence-corrected chi connectivity index (χ1v) is 7.84. The summed E-state index contributed by atoms with van der Waals surface area (Å²) in [6.07, 6.45) is 7.18. The first-order chi connectivity index (χ1) is 12.1. The third-order valence-corrected chi connectivity index (χ3v) is 3.73. The van der Waals surface area contributed by atoms with E-state index >= 15 is 0 Å². The van der Waals surface area contributed by atoms with E-state index < -0.39 is 0 Å². The number of phenolic OH excluding ortho intramolecular Hbond substituents is 2. The summed E-state index contributed by atoms with van der Waals surface area (Å²) in [6.45, 7) is 0. The van der Waals surface area contributed by atoms with Crippen molar-refractivity contribution in [2.45, 2.75) is 0 Å². The number of hydrogen-bond acceptors (Lipinski definition) is 2. The quantitative estimate of drug-likeness (QED) is 0.613. The molecule has 25 heavy (non-hydrogen) atoms. The van der Waals surface area contributed by atoms with Crippen LogP contribution in [0.3, 0.4) is 0 Å². The number of phenols is 2. The van der Waals surface area contributed by atoms with Gasteiger partial charge in [0.15, 0.2) is 0 Å². The molecule has 0 amide bonds. The molecule has 0 saturated carbocycles. The molecule has 0 fully saturated rings. The van der Waals surface area contributed by atoms with Crippen molar-refractivity contribution in [2.75, 3.05) is 0 Å². The number of aromatic hydroxyl groups is 2. The van der Waals surface area contributed by atoms with E-state index in [2.05, 4.69) is 0 Å². The van der Waals surface area contributed by atoms with Gasteiger partial charge in [-0.15, -0.1) is 0 Å². The van der Waals surface area contributed by atoms with E-state index in [1.54, 1.807) is 66.7 Å². The van der Waals surface area contributed by atoms with E-state index in [-0.39, 0.29) is 17.3 Å². The van der Waals surface area contributed by atoms with Gasteiger partial charge in [0.1, 0.15) is 17.3 Å². The molecule has 2 N–H and O–H groups in total. The predicted octanol–water partition coefficient (Wildman–Crippen LogP) is 5.58. The summed E-state index contributed by atoms with van der Waals surface area (Å²) >= 11 is 0. The fraction of sp³-hybridized carbons (Fsp3) is 0. The summed E-state index contributed by atoms with van der Waals surface area (Å²) in [4.78, 5) is 0. The van der Waals surface area contributed by atoms with Gasteiger partial charge < -0.3 is 10.2 Å². The van der Waals surface area contributed by atoms with Crippen molar-refractivity contribution >= 4 is 24.3 Å². The van der Waals surface area contributed by atoms with Gasteiger partial charge in [-0.05, 0) is 47.0 Å². The molecule has 0 atom stereocenters. The van der Waals surface area contributed by atoms with Crippen molar-refractivity contribution in [1.82, 2.24) is 0 Å². The summed E-state index contributed by atoms with van der Waals surface area (Å²) in [5.41, 5.74) is 3.06. The van der Waals surface area contributed by atoms with Gasteiger partial charge in [0.25, 0.3) is 0 Å². The normalized spacial score (nSPS) is 11.4. The molecule has 0 aromatic heterocycles. The summed E-state index contributed by atoms with van der Waals surface area (Å²) < 4.78 is 14.2. The predicted molar refractivity (Wildman–Crippen MR) is 100 cm³/mol. The molecule has 0 aliphatic rings. The van der Waals surface area contributed by atoms with Crippen LogP contribution in [0.25, 0.3) is 24.3 Å². The SMILES string of the molecule is Oc1ccc(C=Cc2ccc(C=Cc3ccc(O)cc3)c(F)c2)cc1. The maximum Gasteiger partial charge on any atom is 0.131 e. The van der Waals surface area contributed by atoms with Crippen LogP contribution >= 0.6 is 0 Å². The Bertz CT molecular complexity index is 908. The average molecular weight is 332 g/mol. The zero-order valence-corrected chi connectivity index (χ0v) is 13.4. The van der Waals surface area contributed by atoms with E-state index in [4.69, 9.17) is 0 Å². The lowest BCUT2D eigenvalue weighted by Crippen LogP contribution is -1.83. The molecule has 0 saturated heterocycles. The average Bonchev–Trinajstić information content (AvgIpc) is 2.62. The highest BCUT2D eigenvalue weighted by atomic mass is 19.1. The van der Waals surface area contributed by atoms with Crippen LogP contribution in [0.5, 0.6) is 11.5 Å². The summed E-state index contributed by atoms with van der Waals surface area (Å²) in [6, 6.07) is 18.5. The second kappa shape index (κ2) is 7.49. The van der Waals surface area contributed by atoms with Crippen LogP contribution in [-0.4, -0.2) is 10.2 Å². The smallest absolute Gasteiger partial charge is 0.131 e.